The van der Waals surface area contributed by atoms with Gasteiger partial charge in [-0.3, -0.25) is 14.5 Å². The molecule has 1 aliphatic rings. The highest BCUT2D eigenvalue weighted by Crippen LogP contribution is 2.42. The number of aliphatic hydroxyl groups excluding tert-OH is 1. The Balaban J connectivity index is 1.93. The molecular weight excluding hydrogens is 426 g/mol. The van der Waals surface area contributed by atoms with Gasteiger partial charge in [0.1, 0.15) is 11.6 Å². The minimum absolute atomic E-state index is 0.0123. The summed E-state index contributed by atoms with van der Waals surface area (Å²) in [6.07, 6.45) is 0. The minimum atomic E-state index is -0.823. The number of rotatable bonds is 4. The van der Waals surface area contributed by atoms with Gasteiger partial charge in [0.15, 0.2) is 0 Å². The number of hydrogen-bond donors (Lipinski definition) is 1. The molecule has 2 heterocycles. The lowest BCUT2D eigenvalue weighted by Gasteiger charge is -2.25. The minimum Gasteiger partial charge on any atom is -0.507 e. The molecule has 7 heteroatoms. The standard InChI is InChI=1S/C25H22ClN3O3/c1-15-5-4-6-20(27-15)29-22(16-9-13-19(14-10-16)28(2)3)21(24(31)25(29)32)23(30)17-7-11-18(26)12-8-17/h4-14,22,30H,1-3H3/b23-21+. The Labute approximate surface area is 191 Å². The number of amides is 1. The van der Waals surface area contributed by atoms with E-state index in [1.807, 2.05) is 56.3 Å². The number of halogens is 1. The Morgan fingerprint density at radius 1 is 1.00 bits per heavy atom. The van der Waals surface area contributed by atoms with Gasteiger partial charge in [0.25, 0.3) is 5.78 Å². The number of pyridine rings is 1. The first kappa shape index (κ1) is 21.6. The van der Waals surface area contributed by atoms with Crippen LogP contribution in [0.3, 0.4) is 0 Å². The van der Waals surface area contributed by atoms with E-state index in [-0.39, 0.29) is 11.3 Å². The van der Waals surface area contributed by atoms with Crippen LogP contribution in [0.15, 0.2) is 72.3 Å². The fourth-order valence-corrected chi connectivity index (χ4v) is 3.89. The predicted octanol–water partition coefficient (Wildman–Crippen LogP) is 4.74. The second-order valence-electron chi connectivity index (χ2n) is 7.80. The van der Waals surface area contributed by atoms with Crippen LogP contribution in [0.1, 0.15) is 22.9 Å². The summed E-state index contributed by atoms with van der Waals surface area (Å²) in [5, 5.41) is 11.6. The predicted molar refractivity (Wildman–Crippen MR) is 126 cm³/mol. The van der Waals surface area contributed by atoms with Gasteiger partial charge in [-0.25, -0.2) is 4.98 Å². The summed E-state index contributed by atoms with van der Waals surface area (Å²) in [6, 6.07) is 18.4. The third-order valence-corrected chi connectivity index (χ3v) is 5.66. The zero-order valence-electron chi connectivity index (χ0n) is 17.9. The van der Waals surface area contributed by atoms with Crippen LogP contribution in [0.5, 0.6) is 0 Å². The van der Waals surface area contributed by atoms with Crippen LogP contribution in [-0.4, -0.2) is 35.9 Å². The van der Waals surface area contributed by atoms with E-state index in [1.165, 1.54) is 4.90 Å². The molecule has 1 saturated heterocycles. The van der Waals surface area contributed by atoms with Crippen molar-refractivity contribution in [3.63, 3.8) is 0 Å². The monoisotopic (exact) mass is 447 g/mol. The van der Waals surface area contributed by atoms with Crippen molar-refractivity contribution in [3.05, 3.63) is 94.1 Å². The quantitative estimate of drug-likeness (QED) is 0.355. The van der Waals surface area contributed by atoms with Gasteiger partial charge in [-0.1, -0.05) is 29.8 Å². The number of anilines is 2. The van der Waals surface area contributed by atoms with Gasteiger partial charge in [0.05, 0.1) is 11.6 Å². The van der Waals surface area contributed by atoms with Gasteiger partial charge in [-0.15, -0.1) is 0 Å². The number of nitrogens with zero attached hydrogens (tertiary/aromatic N) is 3. The van der Waals surface area contributed by atoms with Crippen LogP contribution in [0.4, 0.5) is 11.5 Å². The molecule has 4 rings (SSSR count). The van der Waals surface area contributed by atoms with Crippen LogP contribution in [0, 0.1) is 6.92 Å². The van der Waals surface area contributed by atoms with E-state index in [4.69, 9.17) is 11.6 Å². The molecule has 1 aromatic heterocycles. The maximum atomic E-state index is 13.1. The van der Waals surface area contributed by atoms with E-state index < -0.39 is 17.7 Å². The third kappa shape index (κ3) is 3.85. The number of benzene rings is 2. The van der Waals surface area contributed by atoms with Crippen LogP contribution in [0.2, 0.25) is 5.02 Å². The van der Waals surface area contributed by atoms with Gasteiger partial charge in [0, 0.05) is 36.1 Å². The average Bonchev–Trinajstić information content (AvgIpc) is 3.04. The number of hydrogen-bond acceptors (Lipinski definition) is 5. The Morgan fingerprint density at radius 3 is 2.25 bits per heavy atom. The number of aliphatic hydroxyl groups is 1. The molecule has 0 saturated carbocycles. The number of carbonyl (C=O) groups excluding carboxylic acids is 2. The van der Waals surface area contributed by atoms with Crippen LogP contribution in [0.25, 0.3) is 5.76 Å². The highest BCUT2D eigenvalue weighted by Gasteiger charge is 2.47. The zero-order chi connectivity index (χ0) is 23.0. The number of aryl methyl sites for hydroxylation is 1. The Hall–Kier alpha value is -3.64. The van der Waals surface area contributed by atoms with Gasteiger partial charge in [0.2, 0.25) is 0 Å². The number of Topliss-reactive ketones (excluding diaryl/α,β-unsaturated/α-hetero) is 1. The molecule has 1 fully saturated rings. The number of carbonyl (C=O) groups is 2. The lowest BCUT2D eigenvalue weighted by Crippen LogP contribution is -2.30. The highest BCUT2D eigenvalue weighted by atomic mass is 35.5. The lowest BCUT2D eigenvalue weighted by atomic mass is 9.95. The van der Waals surface area contributed by atoms with Crippen molar-refractivity contribution in [2.75, 3.05) is 23.9 Å². The van der Waals surface area contributed by atoms with Crippen molar-refractivity contribution in [2.45, 2.75) is 13.0 Å². The van der Waals surface area contributed by atoms with E-state index in [1.54, 1.807) is 36.4 Å². The molecular formula is C25H22ClN3O3. The first-order valence-electron chi connectivity index (χ1n) is 10.1. The summed E-state index contributed by atoms with van der Waals surface area (Å²) >= 11 is 5.97. The largest absolute Gasteiger partial charge is 0.507 e. The molecule has 0 radical (unpaired) electrons. The first-order chi connectivity index (χ1) is 15.3. The highest BCUT2D eigenvalue weighted by molar-refractivity contribution is 6.51. The number of aromatic nitrogens is 1. The summed E-state index contributed by atoms with van der Waals surface area (Å²) in [5.74, 6) is -1.40. The molecule has 6 nitrogen and oxygen atoms in total. The van der Waals surface area contributed by atoms with E-state index in [0.717, 1.165) is 5.69 Å². The third-order valence-electron chi connectivity index (χ3n) is 5.41. The van der Waals surface area contributed by atoms with Crippen LogP contribution in [-0.2, 0) is 9.59 Å². The second kappa shape index (κ2) is 8.48. The van der Waals surface area contributed by atoms with Crippen LogP contribution >= 0.6 is 11.6 Å². The fourth-order valence-electron chi connectivity index (χ4n) is 3.77. The van der Waals surface area contributed by atoms with Gasteiger partial charge in [-0.05, 0) is 61.0 Å². The molecule has 0 aliphatic carbocycles. The normalized spacial score (nSPS) is 17.6. The molecule has 162 valence electrons. The van der Waals surface area contributed by atoms with Crippen molar-refractivity contribution < 1.29 is 14.7 Å². The van der Waals surface area contributed by atoms with Crippen molar-refractivity contribution in [3.8, 4) is 0 Å². The Kier molecular flexibility index (Phi) is 5.72. The van der Waals surface area contributed by atoms with Crippen molar-refractivity contribution in [1.82, 2.24) is 4.98 Å². The topological polar surface area (TPSA) is 73.7 Å². The summed E-state index contributed by atoms with van der Waals surface area (Å²) in [7, 11) is 3.86. The smallest absolute Gasteiger partial charge is 0.301 e. The summed E-state index contributed by atoms with van der Waals surface area (Å²) in [6.45, 7) is 1.81. The SMILES string of the molecule is Cc1cccc(N2C(=O)C(=O)/C(=C(/O)c3ccc(Cl)cc3)C2c2ccc(N(C)C)cc2)n1. The molecule has 1 atom stereocenters. The molecule has 1 unspecified atom stereocenters. The molecule has 1 amide bonds. The molecule has 0 bridgehead atoms. The lowest BCUT2D eigenvalue weighted by molar-refractivity contribution is -0.132. The molecule has 2 aromatic carbocycles. The van der Waals surface area contributed by atoms with Gasteiger partial charge >= 0.3 is 5.91 Å². The van der Waals surface area contributed by atoms with Gasteiger partial charge < -0.3 is 10.0 Å². The molecule has 32 heavy (non-hydrogen) atoms. The molecule has 1 N–H and O–H groups in total. The van der Waals surface area contributed by atoms with E-state index >= 15 is 0 Å². The van der Waals surface area contributed by atoms with Crippen molar-refractivity contribution >= 4 is 40.6 Å². The molecule has 1 aliphatic heterocycles. The van der Waals surface area contributed by atoms with Crippen molar-refractivity contribution in [1.29, 1.82) is 0 Å². The molecule has 3 aromatic rings. The maximum absolute atomic E-state index is 13.1. The number of ketones is 1. The maximum Gasteiger partial charge on any atom is 0.301 e. The van der Waals surface area contributed by atoms with Crippen molar-refractivity contribution in [2.24, 2.45) is 0 Å². The fraction of sp³-hybridized carbons (Fsp3) is 0.160. The molecule has 0 spiro atoms. The summed E-state index contributed by atoms with van der Waals surface area (Å²) < 4.78 is 0. The van der Waals surface area contributed by atoms with Gasteiger partial charge in [-0.2, -0.15) is 0 Å². The summed E-state index contributed by atoms with van der Waals surface area (Å²) in [4.78, 5) is 34.0. The van der Waals surface area contributed by atoms with E-state index in [9.17, 15) is 14.7 Å². The first-order valence-corrected chi connectivity index (χ1v) is 10.4. The summed E-state index contributed by atoms with van der Waals surface area (Å²) in [5.41, 5.74) is 2.78. The van der Waals surface area contributed by atoms with Crippen LogP contribution < -0.4 is 9.80 Å². The Morgan fingerprint density at radius 2 is 1.66 bits per heavy atom. The van der Waals surface area contributed by atoms with E-state index in [2.05, 4.69) is 4.98 Å². The average molecular weight is 448 g/mol. The second-order valence-corrected chi connectivity index (χ2v) is 8.24. The Bertz CT molecular complexity index is 1220. The van der Waals surface area contributed by atoms with E-state index in [0.29, 0.717) is 27.7 Å². The zero-order valence-corrected chi connectivity index (χ0v) is 18.7.